The van der Waals surface area contributed by atoms with Crippen molar-refractivity contribution < 1.29 is 0 Å². The van der Waals surface area contributed by atoms with Gasteiger partial charge in [0, 0.05) is 21.5 Å². The zero-order valence-corrected chi connectivity index (χ0v) is 20.8. The Labute approximate surface area is 219 Å². The molecule has 7 aromatic rings. The fraction of sp³-hybridized carbons (Fsp3) is 0.114. The summed E-state index contributed by atoms with van der Waals surface area (Å²) in [6, 6.07) is 32.9. The molecule has 2 aliphatic carbocycles. The summed E-state index contributed by atoms with van der Waals surface area (Å²) >= 11 is 0. The molecular formula is C35H23N3. The Balaban J connectivity index is 1.30. The molecule has 0 spiro atoms. The number of nitrogens with zero attached hydrogens (tertiary/aromatic N) is 3. The predicted molar refractivity (Wildman–Crippen MR) is 156 cm³/mol. The number of aryl methyl sites for hydroxylation is 4. The number of pyridine rings is 3. The minimum atomic E-state index is 1.00. The quantitative estimate of drug-likeness (QED) is 0.204. The Morgan fingerprint density at radius 2 is 0.763 bits per heavy atom. The molecule has 4 aromatic carbocycles. The zero-order valence-electron chi connectivity index (χ0n) is 20.8. The summed E-state index contributed by atoms with van der Waals surface area (Å²) < 4.78 is 0. The number of benzene rings is 4. The average Bonchev–Trinajstić information content (AvgIpc) is 2.98. The van der Waals surface area contributed by atoms with Crippen LogP contribution in [0.5, 0.6) is 0 Å². The van der Waals surface area contributed by atoms with Crippen LogP contribution in [0.25, 0.3) is 66.1 Å². The van der Waals surface area contributed by atoms with Crippen LogP contribution in [0.4, 0.5) is 0 Å². The van der Waals surface area contributed by atoms with Crippen molar-refractivity contribution in [3.8, 4) is 22.8 Å². The first kappa shape index (κ1) is 20.4. The van der Waals surface area contributed by atoms with E-state index in [2.05, 4.69) is 91.0 Å². The van der Waals surface area contributed by atoms with E-state index in [4.69, 9.17) is 15.0 Å². The van der Waals surface area contributed by atoms with Gasteiger partial charge in [0.15, 0.2) is 0 Å². The molecule has 178 valence electrons. The van der Waals surface area contributed by atoms with E-state index in [1.807, 2.05) is 0 Å². The second-order valence-electron chi connectivity index (χ2n) is 10.7. The van der Waals surface area contributed by atoms with Crippen molar-refractivity contribution in [3.63, 3.8) is 0 Å². The molecule has 2 aliphatic rings. The molecule has 0 saturated heterocycles. The van der Waals surface area contributed by atoms with Gasteiger partial charge in [0.1, 0.15) is 0 Å². The van der Waals surface area contributed by atoms with Crippen LogP contribution in [-0.2, 0) is 25.7 Å². The van der Waals surface area contributed by atoms with Gasteiger partial charge in [-0.05, 0) is 70.8 Å². The normalized spacial score (nSPS) is 13.9. The number of hydrogen-bond acceptors (Lipinski definition) is 3. The number of hydrogen-bond donors (Lipinski definition) is 0. The van der Waals surface area contributed by atoms with E-state index in [0.717, 1.165) is 59.5 Å². The van der Waals surface area contributed by atoms with E-state index in [0.29, 0.717) is 0 Å². The maximum Gasteiger partial charge on any atom is 0.0929 e. The topological polar surface area (TPSA) is 38.7 Å². The smallest absolute Gasteiger partial charge is 0.0929 e. The molecule has 3 nitrogen and oxygen atoms in total. The van der Waals surface area contributed by atoms with Gasteiger partial charge in [0.2, 0.25) is 0 Å². The molecule has 9 rings (SSSR count). The second kappa shape index (κ2) is 7.45. The first-order chi connectivity index (χ1) is 18.8. The summed E-state index contributed by atoms with van der Waals surface area (Å²) in [5.41, 5.74) is 11.5. The summed E-state index contributed by atoms with van der Waals surface area (Å²) in [7, 11) is 0. The third-order valence-corrected chi connectivity index (χ3v) is 8.53. The molecule has 0 saturated carbocycles. The van der Waals surface area contributed by atoms with Gasteiger partial charge in [-0.25, -0.2) is 15.0 Å². The third-order valence-electron chi connectivity index (χ3n) is 8.53. The highest BCUT2D eigenvalue weighted by Crippen LogP contribution is 2.40. The summed E-state index contributed by atoms with van der Waals surface area (Å²) in [5.74, 6) is 0. The molecule has 0 aliphatic heterocycles. The van der Waals surface area contributed by atoms with E-state index in [1.54, 1.807) is 0 Å². The Morgan fingerprint density at radius 3 is 1.26 bits per heavy atom. The van der Waals surface area contributed by atoms with Gasteiger partial charge in [-0.15, -0.1) is 0 Å². The lowest BCUT2D eigenvalue weighted by Gasteiger charge is -2.25. The van der Waals surface area contributed by atoms with E-state index in [9.17, 15) is 0 Å². The van der Waals surface area contributed by atoms with Gasteiger partial charge in [-0.2, -0.15) is 0 Å². The maximum atomic E-state index is 5.39. The standard InChI is InChI=1S/C35H23N3/c1-3-7-28-20(5-1)9-11-22-17-24-13-15-26-19-27-16-14-25-18-23-12-10-21-6-2-4-8-29(21)31(23)37-33(25)35(27)38-34(26)32(24)36-30(22)28/h1-12,17-19H,13-16H2. The monoisotopic (exact) mass is 485 g/mol. The molecule has 3 heteroatoms. The van der Waals surface area contributed by atoms with Crippen LogP contribution in [0.3, 0.4) is 0 Å². The molecule has 0 atom stereocenters. The Bertz CT molecular complexity index is 1990. The van der Waals surface area contributed by atoms with Gasteiger partial charge in [0.05, 0.1) is 33.8 Å². The van der Waals surface area contributed by atoms with Gasteiger partial charge in [-0.3, -0.25) is 0 Å². The van der Waals surface area contributed by atoms with Gasteiger partial charge >= 0.3 is 0 Å². The maximum absolute atomic E-state index is 5.39. The van der Waals surface area contributed by atoms with Crippen molar-refractivity contribution in [3.05, 3.63) is 113 Å². The van der Waals surface area contributed by atoms with E-state index in [-0.39, 0.29) is 0 Å². The van der Waals surface area contributed by atoms with Gasteiger partial charge in [-0.1, -0.05) is 78.9 Å². The SMILES string of the molecule is c1ccc2c(c1)ccc1cc3c(nc12)-c1nc2c(cc1CC3)CCc1cc3ccc4ccccc4c3nc1-2. The molecule has 0 fully saturated rings. The van der Waals surface area contributed by atoms with Crippen LogP contribution in [-0.4, -0.2) is 15.0 Å². The lowest BCUT2D eigenvalue weighted by Crippen LogP contribution is -2.14. The minimum absolute atomic E-state index is 1.00. The Kier molecular flexibility index (Phi) is 4.01. The van der Waals surface area contributed by atoms with Crippen molar-refractivity contribution >= 4 is 43.4 Å². The number of fused-ring (bicyclic) bond motifs is 12. The molecule has 38 heavy (non-hydrogen) atoms. The number of aromatic nitrogens is 3. The van der Waals surface area contributed by atoms with Gasteiger partial charge in [0.25, 0.3) is 0 Å². The fourth-order valence-corrected chi connectivity index (χ4v) is 6.63. The summed E-state index contributed by atoms with van der Waals surface area (Å²) in [5, 5.41) is 7.24. The molecular weight excluding hydrogens is 462 g/mol. The molecule has 0 radical (unpaired) electrons. The van der Waals surface area contributed by atoms with Crippen molar-refractivity contribution in [2.75, 3.05) is 0 Å². The van der Waals surface area contributed by atoms with Crippen LogP contribution in [0, 0.1) is 0 Å². The highest BCUT2D eigenvalue weighted by atomic mass is 14.8. The Hall–Kier alpha value is -4.63. The van der Waals surface area contributed by atoms with E-state index < -0.39 is 0 Å². The zero-order chi connectivity index (χ0) is 24.8. The summed E-state index contributed by atoms with van der Waals surface area (Å²) in [4.78, 5) is 16.0. The van der Waals surface area contributed by atoms with Crippen LogP contribution < -0.4 is 0 Å². The first-order valence-corrected chi connectivity index (χ1v) is 13.5. The second-order valence-corrected chi connectivity index (χ2v) is 10.7. The van der Waals surface area contributed by atoms with Crippen molar-refractivity contribution in [1.82, 2.24) is 15.0 Å². The molecule has 3 aromatic heterocycles. The molecule has 3 heterocycles. The van der Waals surface area contributed by atoms with Crippen molar-refractivity contribution in [2.45, 2.75) is 25.7 Å². The summed E-state index contributed by atoms with van der Waals surface area (Å²) in [6.07, 6.45) is 4.02. The predicted octanol–water partition coefficient (Wildman–Crippen LogP) is 8.02. The van der Waals surface area contributed by atoms with Crippen LogP contribution in [0.2, 0.25) is 0 Å². The molecule has 0 unspecified atom stereocenters. The fourth-order valence-electron chi connectivity index (χ4n) is 6.63. The molecule has 0 amide bonds. The molecule has 0 N–H and O–H groups in total. The lowest BCUT2D eigenvalue weighted by atomic mass is 9.86. The minimum Gasteiger partial charge on any atom is -0.245 e. The lowest BCUT2D eigenvalue weighted by molar-refractivity contribution is 0.879. The summed E-state index contributed by atoms with van der Waals surface area (Å²) in [6.45, 7) is 0. The number of rotatable bonds is 0. The largest absolute Gasteiger partial charge is 0.245 e. The van der Waals surface area contributed by atoms with Crippen molar-refractivity contribution in [2.24, 2.45) is 0 Å². The van der Waals surface area contributed by atoms with E-state index >= 15 is 0 Å². The van der Waals surface area contributed by atoms with Crippen LogP contribution in [0.1, 0.15) is 22.3 Å². The first-order valence-electron chi connectivity index (χ1n) is 13.5. The van der Waals surface area contributed by atoms with E-state index in [1.165, 1.54) is 54.6 Å². The highest BCUT2D eigenvalue weighted by Gasteiger charge is 2.26. The average molecular weight is 486 g/mol. The Morgan fingerprint density at radius 1 is 0.368 bits per heavy atom. The third kappa shape index (κ3) is 2.82. The van der Waals surface area contributed by atoms with Crippen LogP contribution >= 0.6 is 0 Å². The molecule has 0 bridgehead atoms. The van der Waals surface area contributed by atoms with Crippen LogP contribution in [0.15, 0.2) is 91.0 Å². The highest BCUT2D eigenvalue weighted by molar-refractivity contribution is 6.07. The van der Waals surface area contributed by atoms with Gasteiger partial charge < -0.3 is 0 Å². The van der Waals surface area contributed by atoms with Crippen molar-refractivity contribution in [1.29, 1.82) is 0 Å².